The highest BCUT2D eigenvalue weighted by Crippen LogP contribution is 2.38. The van der Waals surface area contributed by atoms with Crippen LogP contribution in [-0.4, -0.2) is 30.8 Å². The van der Waals surface area contributed by atoms with E-state index in [9.17, 15) is 9.59 Å². The Labute approximate surface area is 133 Å². The predicted octanol–water partition coefficient (Wildman–Crippen LogP) is 2.75. The van der Waals surface area contributed by atoms with E-state index < -0.39 is 0 Å². The second kappa shape index (κ2) is 7.71. The number of carbonyl (C=O) groups is 2. The molecule has 0 aromatic heterocycles. The number of halogens is 1. The molecule has 0 bridgehead atoms. The standard InChI is InChI=1S/C15H18ClNO3S/c1-10-8-13(10)15(19)20-9-14(18)17-6-7-21-12-4-2-11(16)3-5-12/h2-5,10,13H,6-9H2,1H3,(H,17,18)/t10-,13-/m0/s1. The number of thioether (sulfide) groups is 1. The Morgan fingerprint density at radius 2 is 2.05 bits per heavy atom. The molecule has 1 N–H and O–H groups in total. The number of esters is 1. The summed E-state index contributed by atoms with van der Waals surface area (Å²) in [6.45, 7) is 2.34. The van der Waals surface area contributed by atoms with E-state index in [0.717, 1.165) is 17.1 Å². The third-order valence-corrected chi connectivity index (χ3v) is 4.53. The molecule has 2 atom stereocenters. The van der Waals surface area contributed by atoms with Gasteiger partial charge in [0.15, 0.2) is 6.61 Å². The van der Waals surface area contributed by atoms with Gasteiger partial charge in [0, 0.05) is 22.2 Å². The zero-order chi connectivity index (χ0) is 15.2. The number of rotatable bonds is 7. The molecule has 0 radical (unpaired) electrons. The fourth-order valence-corrected chi connectivity index (χ4v) is 2.73. The first-order chi connectivity index (χ1) is 10.1. The Morgan fingerprint density at radius 3 is 2.67 bits per heavy atom. The van der Waals surface area contributed by atoms with Crippen molar-refractivity contribution in [2.75, 3.05) is 18.9 Å². The van der Waals surface area contributed by atoms with Crippen LogP contribution < -0.4 is 5.32 Å². The van der Waals surface area contributed by atoms with Gasteiger partial charge >= 0.3 is 5.97 Å². The van der Waals surface area contributed by atoms with Crippen LogP contribution in [0, 0.1) is 11.8 Å². The number of amides is 1. The summed E-state index contributed by atoms with van der Waals surface area (Å²) in [5.74, 6) is 0.636. The van der Waals surface area contributed by atoms with Gasteiger partial charge < -0.3 is 10.1 Å². The highest BCUT2D eigenvalue weighted by Gasteiger charge is 2.40. The number of nitrogens with one attached hydrogen (secondary N) is 1. The molecule has 0 spiro atoms. The summed E-state index contributed by atoms with van der Waals surface area (Å²) in [5.41, 5.74) is 0. The molecule has 0 saturated heterocycles. The summed E-state index contributed by atoms with van der Waals surface area (Å²) in [6.07, 6.45) is 0.873. The minimum atomic E-state index is -0.256. The Kier molecular flexibility index (Phi) is 5.94. The molecule has 0 aliphatic heterocycles. The lowest BCUT2D eigenvalue weighted by Crippen LogP contribution is -2.30. The minimum absolute atomic E-state index is 0.00161. The maximum absolute atomic E-state index is 11.5. The molecule has 114 valence electrons. The molecule has 1 aliphatic rings. The van der Waals surface area contributed by atoms with Crippen molar-refractivity contribution in [3.8, 4) is 0 Å². The number of hydrogen-bond acceptors (Lipinski definition) is 4. The zero-order valence-corrected chi connectivity index (χ0v) is 13.4. The average Bonchev–Trinajstić information content (AvgIpc) is 3.20. The van der Waals surface area contributed by atoms with Gasteiger partial charge in [-0.15, -0.1) is 11.8 Å². The van der Waals surface area contributed by atoms with E-state index in [1.807, 2.05) is 31.2 Å². The normalized spacial score (nSPS) is 19.9. The third-order valence-electron chi connectivity index (χ3n) is 3.26. The van der Waals surface area contributed by atoms with Gasteiger partial charge in [-0.2, -0.15) is 0 Å². The van der Waals surface area contributed by atoms with Gasteiger partial charge in [-0.1, -0.05) is 18.5 Å². The van der Waals surface area contributed by atoms with Gasteiger partial charge in [-0.3, -0.25) is 9.59 Å². The highest BCUT2D eigenvalue weighted by molar-refractivity contribution is 7.99. The SMILES string of the molecule is C[C@H]1C[C@@H]1C(=O)OCC(=O)NCCSc1ccc(Cl)cc1. The van der Waals surface area contributed by atoms with Crippen LogP contribution >= 0.6 is 23.4 Å². The smallest absolute Gasteiger partial charge is 0.309 e. The number of ether oxygens (including phenoxy) is 1. The van der Waals surface area contributed by atoms with E-state index in [1.54, 1.807) is 11.8 Å². The summed E-state index contributed by atoms with van der Waals surface area (Å²) >= 11 is 7.43. The van der Waals surface area contributed by atoms with E-state index in [0.29, 0.717) is 17.5 Å². The van der Waals surface area contributed by atoms with Crippen molar-refractivity contribution in [1.29, 1.82) is 0 Å². The molecule has 2 rings (SSSR count). The van der Waals surface area contributed by atoms with Gasteiger partial charge in [0.25, 0.3) is 5.91 Å². The summed E-state index contributed by atoms with van der Waals surface area (Å²) in [6, 6.07) is 7.54. The van der Waals surface area contributed by atoms with Crippen LogP contribution in [0.2, 0.25) is 5.02 Å². The minimum Gasteiger partial charge on any atom is -0.455 e. The first kappa shape index (κ1) is 16.2. The Hall–Kier alpha value is -1.20. The van der Waals surface area contributed by atoms with Crippen LogP contribution in [0.3, 0.4) is 0 Å². The third kappa shape index (κ3) is 5.59. The molecule has 1 amide bonds. The second-order valence-electron chi connectivity index (χ2n) is 5.08. The van der Waals surface area contributed by atoms with Gasteiger partial charge in [0.2, 0.25) is 0 Å². The van der Waals surface area contributed by atoms with Crippen molar-refractivity contribution < 1.29 is 14.3 Å². The van der Waals surface area contributed by atoms with Crippen molar-refractivity contribution in [3.63, 3.8) is 0 Å². The van der Waals surface area contributed by atoms with E-state index in [2.05, 4.69) is 5.32 Å². The van der Waals surface area contributed by atoms with Crippen molar-refractivity contribution in [3.05, 3.63) is 29.3 Å². The summed E-state index contributed by atoms with van der Waals surface area (Å²) in [5, 5.41) is 3.43. The van der Waals surface area contributed by atoms with Crippen LogP contribution in [0.25, 0.3) is 0 Å². The van der Waals surface area contributed by atoms with Crippen molar-refractivity contribution >= 4 is 35.2 Å². The fraction of sp³-hybridized carbons (Fsp3) is 0.467. The van der Waals surface area contributed by atoms with Crippen molar-refractivity contribution in [2.24, 2.45) is 11.8 Å². The predicted molar refractivity (Wildman–Crippen MR) is 83.4 cm³/mol. The molecular formula is C15H18ClNO3S. The zero-order valence-electron chi connectivity index (χ0n) is 11.8. The van der Waals surface area contributed by atoms with E-state index in [-0.39, 0.29) is 24.4 Å². The number of benzene rings is 1. The Balaban J connectivity index is 1.54. The van der Waals surface area contributed by atoms with Gasteiger partial charge in [0.05, 0.1) is 5.92 Å². The number of hydrogen-bond donors (Lipinski definition) is 1. The largest absolute Gasteiger partial charge is 0.455 e. The van der Waals surface area contributed by atoms with Crippen LogP contribution in [0.1, 0.15) is 13.3 Å². The van der Waals surface area contributed by atoms with E-state index >= 15 is 0 Å². The highest BCUT2D eigenvalue weighted by atomic mass is 35.5. The van der Waals surface area contributed by atoms with Crippen LogP contribution in [0.4, 0.5) is 0 Å². The monoisotopic (exact) mass is 327 g/mol. The lowest BCUT2D eigenvalue weighted by Gasteiger charge is -2.06. The molecule has 0 unspecified atom stereocenters. The maximum atomic E-state index is 11.5. The molecule has 0 heterocycles. The van der Waals surface area contributed by atoms with E-state index in [4.69, 9.17) is 16.3 Å². The summed E-state index contributed by atoms with van der Waals surface area (Å²) in [4.78, 5) is 24.1. The molecule has 21 heavy (non-hydrogen) atoms. The van der Waals surface area contributed by atoms with Gasteiger partial charge in [-0.25, -0.2) is 0 Å². The molecule has 1 aliphatic carbocycles. The lowest BCUT2D eigenvalue weighted by atomic mass is 10.3. The topological polar surface area (TPSA) is 55.4 Å². The van der Waals surface area contributed by atoms with Crippen molar-refractivity contribution in [1.82, 2.24) is 5.32 Å². The quantitative estimate of drug-likeness (QED) is 0.475. The van der Waals surface area contributed by atoms with Crippen LogP contribution in [0.15, 0.2) is 29.2 Å². The number of carbonyl (C=O) groups excluding carboxylic acids is 2. The van der Waals surface area contributed by atoms with E-state index in [1.165, 1.54) is 0 Å². The first-order valence-electron chi connectivity index (χ1n) is 6.88. The average molecular weight is 328 g/mol. The Bertz CT molecular complexity index is 506. The second-order valence-corrected chi connectivity index (χ2v) is 6.68. The lowest BCUT2D eigenvalue weighted by molar-refractivity contribution is -0.150. The van der Waals surface area contributed by atoms with Gasteiger partial charge in [0.1, 0.15) is 0 Å². The molecule has 4 nitrogen and oxygen atoms in total. The first-order valence-corrected chi connectivity index (χ1v) is 8.24. The van der Waals surface area contributed by atoms with Crippen LogP contribution in [-0.2, 0) is 14.3 Å². The molecular weight excluding hydrogens is 310 g/mol. The fourth-order valence-electron chi connectivity index (χ4n) is 1.84. The molecule has 1 saturated carbocycles. The molecule has 1 fully saturated rings. The molecule has 1 aromatic rings. The van der Waals surface area contributed by atoms with Crippen molar-refractivity contribution in [2.45, 2.75) is 18.2 Å². The molecule has 1 aromatic carbocycles. The summed E-state index contributed by atoms with van der Waals surface area (Å²) < 4.78 is 4.95. The van der Waals surface area contributed by atoms with Crippen LogP contribution in [0.5, 0.6) is 0 Å². The summed E-state index contributed by atoms with van der Waals surface area (Å²) in [7, 11) is 0. The Morgan fingerprint density at radius 1 is 1.38 bits per heavy atom. The maximum Gasteiger partial charge on any atom is 0.309 e. The van der Waals surface area contributed by atoms with Gasteiger partial charge in [-0.05, 0) is 36.6 Å². The molecule has 6 heteroatoms.